The van der Waals surface area contributed by atoms with Crippen LogP contribution in [0.5, 0.6) is 11.5 Å². The number of aromatic nitrogens is 1. The van der Waals surface area contributed by atoms with Gasteiger partial charge in [-0.25, -0.2) is 0 Å². The van der Waals surface area contributed by atoms with Gasteiger partial charge >= 0.3 is 0 Å². The molecular formula is C28H33N3O5. The zero-order valence-corrected chi connectivity index (χ0v) is 21.1. The second-order valence-electron chi connectivity index (χ2n) is 9.63. The van der Waals surface area contributed by atoms with E-state index in [1.54, 1.807) is 12.0 Å². The summed E-state index contributed by atoms with van der Waals surface area (Å²) in [6.45, 7) is 6.17. The standard InChI is InChI=1S/C28H33N3O5/c1-4-35-21-10-7-19(8-11-21)17-31-26(32)25-14-20-9-12-22(34-3)15-24(20)30(25)18-28(31,2)27(33)29-16-23-6-5-13-36-23/h7-12,14-15,23H,4-6,13,16-18H2,1-3H3,(H,29,33)/t23-,28-/m1/s1. The van der Waals surface area contributed by atoms with Gasteiger partial charge in [-0.15, -0.1) is 0 Å². The van der Waals surface area contributed by atoms with E-state index in [9.17, 15) is 9.59 Å². The highest BCUT2D eigenvalue weighted by atomic mass is 16.5. The number of nitrogens with zero attached hydrogens (tertiary/aromatic N) is 2. The summed E-state index contributed by atoms with van der Waals surface area (Å²) in [6, 6.07) is 15.3. The van der Waals surface area contributed by atoms with Crippen LogP contribution in [0.2, 0.25) is 0 Å². The Morgan fingerprint density at radius 2 is 1.94 bits per heavy atom. The first kappa shape index (κ1) is 24.2. The van der Waals surface area contributed by atoms with Crippen LogP contribution in [-0.2, 0) is 22.6 Å². The molecule has 2 amide bonds. The van der Waals surface area contributed by atoms with Crippen LogP contribution in [0.15, 0.2) is 48.5 Å². The van der Waals surface area contributed by atoms with E-state index >= 15 is 0 Å². The van der Waals surface area contributed by atoms with Crippen molar-refractivity contribution in [3.63, 3.8) is 0 Å². The highest BCUT2D eigenvalue weighted by molar-refractivity contribution is 6.03. The number of fused-ring (bicyclic) bond motifs is 3. The molecule has 0 unspecified atom stereocenters. The maximum Gasteiger partial charge on any atom is 0.271 e. The number of carbonyl (C=O) groups is 2. The molecular weight excluding hydrogens is 458 g/mol. The zero-order chi connectivity index (χ0) is 25.3. The summed E-state index contributed by atoms with van der Waals surface area (Å²) < 4.78 is 18.6. The summed E-state index contributed by atoms with van der Waals surface area (Å²) >= 11 is 0. The lowest BCUT2D eigenvalue weighted by atomic mass is 9.93. The van der Waals surface area contributed by atoms with Crippen LogP contribution in [0, 0.1) is 0 Å². The van der Waals surface area contributed by atoms with Crippen molar-refractivity contribution in [2.45, 2.75) is 51.4 Å². The molecule has 3 heterocycles. The van der Waals surface area contributed by atoms with Crippen LogP contribution in [0.1, 0.15) is 42.7 Å². The average molecular weight is 492 g/mol. The number of rotatable bonds is 8. The molecule has 0 saturated carbocycles. The molecule has 36 heavy (non-hydrogen) atoms. The Kier molecular flexibility index (Phi) is 6.62. The van der Waals surface area contributed by atoms with Crippen LogP contribution in [-0.4, -0.2) is 59.8 Å². The molecule has 1 saturated heterocycles. The maximum atomic E-state index is 13.9. The van der Waals surface area contributed by atoms with Crippen molar-refractivity contribution in [3.05, 3.63) is 59.8 Å². The number of hydrogen-bond donors (Lipinski definition) is 1. The molecule has 8 nitrogen and oxygen atoms in total. The van der Waals surface area contributed by atoms with E-state index in [4.69, 9.17) is 14.2 Å². The summed E-state index contributed by atoms with van der Waals surface area (Å²) in [4.78, 5) is 29.4. The van der Waals surface area contributed by atoms with Crippen molar-refractivity contribution in [1.29, 1.82) is 0 Å². The smallest absolute Gasteiger partial charge is 0.271 e. The van der Waals surface area contributed by atoms with Gasteiger partial charge in [0.1, 0.15) is 22.7 Å². The minimum atomic E-state index is -1.10. The third-order valence-corrected chi connectivity index (χ3v) is 7.22. The molecule has 2 atom stereocenters. The van der Waals surface area contributed by atoms with E-state index in [1.165, 1.54) is 0 Å². The van der Waals surface area contributed by atoms with Crippen molar-refractivity contribution in [3.8, 4) is 11.5 Å². The number of ether oxygens (including phenoxy) is 3. The van der Waals surface area contributed by atoms with Crippen molar-refractivity contribution < 1.29 is 23.8 Å². The van der Waals surface area contributed by atoms with E-state index < -0.39 is 5.54 Å². The van der Waals surface area contributed by atoms with Gasteiger partial charge in [0.2, 0.25) is 5.91 Å². The largest absolute Gasteiger partial charge is 0.497 e. The fourth-order valence-electron chi connectivity index (χ4n) is 5.15. The first-order valence-electron chi connectivity index (χ1n) is 12.5. The first-order valence-corrected chi connectivity index (χ1v) is 12.5. The van der Waals surface area contributed by atoms with Gasteiger partial charge in [0, 0.05) is 31.1 Å². The lowest BCUT2D eigenvalue weighted by Gasteiger charge is -2.44. The van der Waals surface area contributed by atoms with Crippen molar-refractivity contribution in [2.24, 2.45) is 0 Å². The van der Waals surface area contributed by atoms with Gasteiger partial charge in [-0.05, 0) is 62.6 Å². The summed E-state index contributed by atoms with van der Waals surface area (Å²) in [6.07, 6.45) is 1.95. The lowest BCUT2D eigenvalue weighted by molar-refractivity contribution is -0.133. The second kappa shape index (κ2) is 9.85. The van der Waals surface area contributed by atoms with E-state index in [0.29, 0.717) is 37.7 Å². The van der Waals surface area contributed by atoms with Crippen LogP contribution < -0.4 is 14.8 Å². The van der Waals surface area contributed by atoms with Crippen LogP contribution >= 0.6 is 0 Å². The minimum absolute atomic E-state index is 0.0173. The number of hydrogen-bond acceptors (Lipinski definition) is 5. The molecule has 0 aliphatic carbocycles. The molecule has 8 heteroatoms. The molecule has 1 aromatic heterocycles. The molecule has 190 valence electrons. The molecule has 0 radical (unpaired) electrons. The van der Waals surface area contributed by atoms with E-state index in [2.05, 4.69) is 5.32 Å². The molecule has 2 aliphatic rings. The third kappa shape index (κ3) is 4.41. The molecule has 5 rings (SSSR count). The van der Waals surface area contributed by atoms with Gasteiger partial charge in [0.15, 0.2) is 0 Å². The Morgan fingerprint density at radius 3 is 2.64 bits per heavy atom. The van der Waals surface area contributed by atoms with Gasteiger partial charge in [-0.3, -0.25) is 9.59 Å². The molecule has 1 N–H and O–H groups in total. The molecule has 3 aromatic rings. The topological polar surface area (TPSA) is 82.0 Å². The SMILES string of the molecule is CCOc1ccc(CN2C(=O)c3cc4ccc(OC)cc4n3C[C@]2(C)C(=O)NC[C@H]2CCCO2)cc1. The lowest BCUT2D eigenvalue weighted by Crippen LogP contribution is -2.64. The average Bonchev–Trinajstić information content (AvgIpc) is 3.54. The molecule has 2 aliphatic heterocycles. The van der Waals surface area contributed by atoms with Gasteiger partial charge in [0.25, 0.3) is 5.91 Å². The summed E-state index contributed by atoms with van der Waals surface area (Å²) in [7, 11) is 1.62. The van der Waals surface area contributed by atoms with Gasteiger partial charge < -0.3 is 29.0 Å². The van der Waals surface area contributed by atoms with Crippen molar-refractivity contribution in [1.82, 2.24) is 14.8 Å². The Bertz CT molecular complexity index is 1260. The summed E-state index contributed by atoms with van der Waals surface area (Å²) in [5.74, 6) is 1.11. The number of carbonyl (C=O) groups excluding carboxylic acids is 2. The number of nitrogens with one attached hydrogen (secondary N) is 1. The Balaban J connectivity index is 1.50. The number of benzene rings is 2. The van der Waals surface area contributed by atoms with Crippen LogP contribution in [0.25, 0.3) is 10.9 Å². The normalized spacial score (nSPS) is 21.5. The second-order valence-corrected chi connectivity index (χ2v) is 9.63. The highest BCUT2D eigenvalue weighted by Crippen LogP contribution is 2.35. The minimum Gasteiger partial charge on any atom is -0.497 e. The maximum absolute atomic E-state index is 13.9. The van der Waals surface area contributed by atoms with E-state index in [0.717, 1.165) is 41.7 Å². The van der Waals surface area contributed by atoms with E-state index in [1.807, 2.05) is 66.9 Å². The van der Waals surface area contributed by atoms with Crippen LogP contribution in [0.4, 0.5) is 0 Å². The number of amides is 2. The third-order valence-electron chi connectivity index (χ3n) is 7.22. The van der Waals surface area contributed by atoms with E-state index in [-0.39, 0.29) is 17.9 Å². The Morgan fingerprint density at radius 1 is 1.17 bits per heavy atom. The van der Waals surface area contributed by atoms with Gasteiger partial charge in [0.05, 0.1) is 31.9 Å². The molecule has 0 spiro atoms. The fourth-order valence-corrected chi connectivity index (χ4v) is 5.15. The van der Waals surface area contributed by atoms with Crippen molar-refractivity contribution in [2.75, 3.05) is 26.9 Å². The predicted molar refractivity (Wildman–Crippen MR) is 136 cm³/mol. The monoisotopic (exact) mass is 491 g/mol. The summed E-state index contributed by atoms with van der Waals surface area (Å²) in [5.41, 5.74) is 1.26. The fraction of sp³-hybridized carbons (Fsp3) is 0.429. The molecule has 2 aromatic carbocycles. The quantitative estimate of drug-likeness (QED) is 0.519. The van der Waals surface area contributed by atoms with Gasteiger partial charge in [-0.2, -0.15) is 0 Å². The van der Waals surface area contributed by atoms with Gasteiger partial charge in [-0.1, -0.05) is 12.1 Å². The molecule has 0 bridgehead atoms. The summed E-state index contributed by atoms with van der Waals surface area (Å²) in [5, 5.41) is 4.01. The van der Waals surface area contributed by atoms with Crippen LogP contribution in [0.3, 0.4) is 0 Å². The first-order chi connectivity index (χ1) is 17.4. The molecule has 1 fully saturated rings. The van der Waals surface area contributed by atoms with Crippen molar-refractivity contribution >= 4 is 22.7 Å². The Labute approximate surface area is 211 Å². The Hall–Kier alpha value is -3.52. The highest BCUT2D eigenvalue weighted by Gasteiger charge is 2.47. The number of methoxy groups -OCH3 is 1. The zero-order valence-electron chi connectivity index (χ0n) is 21.1. The predicted octanol–water partition coefficient (Wildman–Crippen LogP) is 3.76.